The van der Waals surface area contributed by atoms with Gasteiger partial charge in [-0.3, -0.25) is 0 Å². The molecule has 0 bridgehead atoms. The summed E-state index contributed by atoms with van der Waals surface area (Å²) >= 11 is 5.58. The minimum atomic E-state index is -3.09. The number of rotatable bonds is 4. The lowest BCUT2D eigenvalue weighted by atomic mass is 10.4. The molecule has 0 aliphatic carbocycles. The van der Waals surface area contributed by atoms with Gasteiger partial charge in [0.25, 0.3) is 0 Å². The Kier molecular flexibility index (Phi) is 5.10. The average molecular weight is 295 g/mol. The lowest BCUT2D eigenvalue weighted by molar-refractivity contribution is 0.581. The SMILES string of the molecule is CCCCS(=O)(=O)N(Br)Br. The molecular weight excluding hydrogens is 286 g/mol. The Balaban J connectivity index is 3.90. The number of nitrogens with zero attached hydrogens (tertiary/aromatic N) is 1. The van der Waals surface area contributed by atoms with Crippen molar-refractivity contribution >= 4 is 42.3 Å². The molecule has 0 atom stereocenters. The van der Waals surface area contributed by atoms with Crippen molar-refractivity contribution in [2.75, 3.05) is 5.75 Å². The zero-order valence-corrected chi connectivity index (χ0v) is 9.54. The Morgan fingerprint density at radius 2 is 1.90 bits per heavy atom. The van der Waals surface area contributed by atoms with Gasteiger partial charge >= 0.3 is 0 Å². The molecule has 0 unspecified atom stereocenters. The standard InChI is InChI=1S/C4H9Br2NO2S/c1-2-3-4-10(8,9)7(5)6/h2-4H2,1H3. The highest BCUT2D eigenvalue weighted by Crippen LogP contribution is 2.14. The van der Waals surface area contributed by atoms with Crippen LogP contribution in [0.4, 0.5) is 0 Å². The van der Waals surface area contributed by atoms with E-state index < -0.39 is 10.0 Å². The van der Waals surface area contributed by atoms with E-state index in [0.29, 0.717) is 6.42 Å². The van der Waals surface area contributed by atoms with Crippen LogP contribution in [-0.2, 0) is 10.0 Å². The van der Waals surface area contributed by atoms with Crippen molar-refractivity contribution in [3.63, 3.8) is 0 Å². The molecule has 3 nitrogen and oxygen atoms in total. The topological polar surface area (TPSA) is 37.4 Å². The summed E-state index contributed by atoms with van der Waals surface area (Å²) in [6.07, 6.45) is 1.57. The Morgan fingerprint density at radius 1 is 1.40 bits per heavy atom. The number of sulfonamides is 1. The van der Waals surface area contributed by atoms with Gasteiger partial charge in [-0.25, -0.2) is 8.42 Å². The molecule has 0 fully saturated rings. The molecule has 0 N–H and O–H groups in total. The van der Waals surface area contributed by atoms with Crippen LogP contribution in [-0.4, -0.2) is 16.5 Å². The van der Waals surface area contributed by atoms with Crippen molar-refractivity contribution in [3.8, 4) is 0 Å². The van der Waals surface area contributed by atoms with Gasteiger partial charge in [0.1, 0.15) is 0 Å². The number of hydrogen-bond donors (Lipinski definition) is 0. The second-order valence-corrected chi connectivity index (χ2v) is 7.09. The molecule has 0 aromatic heterocycles. The summed E-state index contributed by atoms with van der Waals surface area (Å²) < 4.78 is 22.7. The van der Waals surface area contributed by atoms with E-state index in [4.69, 9.17) is 0 Å². The highest BCUT2D eigenvalue weighted by atomic mass is 79.9. The fraction of sp³-hybridized carbons (Fsp3) is 1.00. The summed E-state index contributed by atoms with van der Waals surface area (Å²) in [6.45, 7) is 1.95. The predicted molar refractivity (Wildman–Crippen MR) is 48.4 cm³/mol. The van der Waals surface area contributed by atoms with Crippen molar-refractivity contribution in [2.24, 2.45) is 0 Å². The van der Waals surface area contributed by atoms with Crippen LogP contribution >= 0.6 is 32.3 Å². The van der Waals surface area contributed by atoms with E-state index in [9.17, 15) is 8.42 Å². The first-order valence-corrected chi connectivity index (χ1v) is 5.88. The van der Waals surface area contributed by atoms with Crippen LogP contribution in [0.3, 0.4) is 0 Å². The molecule has 0 amide bonds. The molecule has 0 spiro atoms. The van der Waals surface area contributed by atoms with Gasteiger partial charge in [0.05, 0.1) is 5.75 Å². The van der Waals surface area contributed by atoms with Crippen molar-refractivity contribution in [2.45, 2.75) is 19.8 Å². The van der Waals surface area contributed by atoms with Crippen LogP contribution in [0.15, 0.2) is 0 Å². The van der Waals surface area contributed by atoms with Crippen LogP contribution in [0, 0.1) is 0 Å². The van der Waals surface area contributed by atoms with Gasteiger partial charge in [0.2, 0.25) is 10.0 Å². The normalized spacial score (nSPS) is 12.4. The number of hydrogen-bond acceptors (Lipinski definition) is 2. The largest absolute Gasteiger partial charge is 0.233 e. The monoisotopic (exact) mass is 293 g/mol. The van der Waals surface area contributed by atoms with E-state index in [2.05, 4.69) is 32.3 Å². The fourth-order valence-corrected chi connectivity index (χ4v) is 2.06. The first-order valence-electron chi connectivity index (χ1n) is 2.85. The van der Waals surface area contributed by atoms with Gasteiger partial charge in [0, 0.05) is 32.3 Å². The van der Waals surface area contributed by atoms with Crippen LogP contribution in [0.5, 0.6) is 0 Å². The zero-order valence-electron chi connectivity index (χ0n) is 5.55. The summed E-state index contributed by atoms with van der Waals surface area (Å²) in [5, 5.41) is 0. The first-order chi connectivity index (χ1) is 4.50. The summed E-state index contributed by atoms with van der Waals surface area (Å²) in [4.78, 5) is 0. The Hall–Kier alpha value is 0.870. The molecule has 10 heavy (non-hydrogen) atoms. The molecule has 0 aliphatic heterocycles. The molecule has 0 aromatic carbocycles. The maximum Gasteiger partial charge on any atom is 0.233 e. The molecule has 0 rings (SSSR count). The third-order valence-corrected chi connectivity index (χ3v) is 4.84. The van der Waals surface area contributed by atoms with E-state index in [1.54, 1.807) is 0 Å². The lowest BCUT2D eigenvalue weighted by Crippen LogP contribution is -2.14. The molecule has 0 saturated carbocycles. The maximum atomic E-state index is 10.9. The second-order valence-electron chi connectivity index (χ2n) is 1.84. The number of halogens is 2. The molecule has 0 aliphatic rings. The van der Waals surface area contributed by atoms with Gasteiger partial charge < -0.3 is 0 Å². The van der Waals surface area contributed by atoms with E-state index >= 15 is 0 Å². The fourth-order valence-electron chi connectivity index (χ4n) is 0.396. The first kappa shape index (κ1) is 10.9. The van der Waals surface area contributed by atoms with Gasteiger partial charge in [-0.2, -0.15) is 0 Å². The van der Waals surface area contributed by atoms with Crippen LogP contribution < -0.4 is 0 Å². The van der Waals surface area contributed by atoms with Crippen molar-refractivity contribution in [1.29, 1.82) is 0 Å². The van der Waals surface area contributed by atoms with Gasteiger partial charge in [-0.15, -0.1) is 0 Å². The lowest BCUT2D eigenvalue weighted by Gasteiger charge is -2.04. The van der Waals surface area contributed by atoms with E-state index in [0.717, 1.165) is 8.78 Å². The maximum absolute atomic E-state index is 10.9. The Labute approximate surface area is 78.5 Å². The molecule has 0 heterocycles. The predicted octanol–water partition coefficient (Wildman–Crippen LogP) is 2.04. The van der Waals surface area contributed by atoms with Gasteiger partial charge in [0.15, 0.2) is 0 Å². The molecule has 0 radical (unpaired) electrons. The average Bonchev–Trinajstić information content (AvgIpc) is 1.84. The molecular formula is C4H9Br2NO2S. The van der Waals surface area contributed by atoms with Crippen LogP contribution in [0.25, 0.3) is 0 Å². The Morgan fingerprint density at radius 3 is 2.20 bits per heavy atom. The van der Waals surface area contributed by atoms with E-state index in [-0.39, 0.29) is 5.75 Å². The third-order valence-electron chi connectivity index (χ3n) is 0.966. The number of unbranched alkanes of at least 4 members (excludes halogenated alkanes) is 1. The van der Waals surface area contributed by atoms with Crippen LogP contribution in [0.2, 0.25) is 0 Å². The van der Waals surface area contributed by atoms with Gasteiger partial charge in [-0.05, 0) is 6.42 Å². The second kappa shape index (κ2) is 4.69. The van der Waals surface area contributed by atoms with Crippen molar-refractivity contribution < 1.29 is 8.42 Å². The quantitative estimate of drug-likeness (QED) is 0.744. The van der Waals surface area contributed by atoms with Crippen molar-refractivity contribution in [3.05, 3.63) is 0 Å². The van der Waals surface area contributed by atoms with Crippen LogP contribution in [0.1, 0.15) is 19.8 Å². The highest BCUT2D eigenvalue weighted by molar-refractivity contribution is 9.22. The molecule has 0 aromatic rings. The molecule has 62 valence electrons. The summed E-state index contributed by atoms with van der Waals surface area (Å²) in [6, 6.07) is 0. The third kappa shape index (κ3) is 3.90. The van der Waals surface area contributed by atoms with Crippen molar-refractivity contribution in [1.82, 2.24) is 2.36 Å². The summed E-state index contributed by atoms with van der Waals surface area (Å²) in [7, 11) is -3.09. The van der Waals surface area contributed by atoms with E-state index in [1.807, 2.05) is 6.92 Å². The highest BCUT2D eigenvalue weighted by Gasteiger charge is 2.15. The van der Waals surface area contributed by atoms with Gasteiger partial charge in [-0.1, -0.05) is 15.7 Å². The minimum Gasteiger partial charge on any atom is -0.211 e. The minimum absolute atomic E-state index is 0.181. The van der Waals surface area contributed by atoms with E-state index in [1.165, 1.54) is 0 Å². The molecule has 0 saturated heterocycles. The summed E-state index contributed by atoms with van der Waals surface area (Å²) in [5.74, 6) is 0.181. The Bertz CT molecular complexity index is 178. The zero-order chi connectivity index (χ0) is 8.20. The summed E-state index contributed by atoms with van der Waals surface area (Å²) in [5.41, 5.74) is 0. The smallest absolute Gasteiger partial charge is 0.211 e. The molecule has 6 heteroatoms.